The minimum absolute atomic E-state index is 0.0191. The third-order valence-corrected chi connectivity index (χ3v) is 6.59. The first-order valence-electron chi connectivity index (χ1n) is 11.1. The topological polar surface area (TPSA) is 79.4 Å². The van der Waals surface area contributed by atoms with Gasteiger partial charge in [-0.25, -0.2) is 14.4 Å². The molecule has 34 heavy (non-hydrogen) atoms. The quantitative estimate of drug-likeness (QED) is 0.481. The van der Waals surface area contributed by atoms with E-state index in [0.29, 0.717) is 35.8 Å². The number of anilines is 3. The Balaban J connectivity index is 1.50. The van der Waals surface area contributed by atoms with Crippen molar-refractivity contribution in [1.82, 2.24) is 14.9 Å². The molecule has 3 aromatic rings. The van der Waals surface area contributed by atoms with Crippen LogP contribution in [0.25, 0.3) is 10.9 Å². The molecule has 2 N–H and O–H groups in total. The molecule has 0 bridgehead atoms. The average molecular weight is 482 g/mol. The van der Waals surface area contributed by atoms with Crippen molar-refractivity contribution in [3.05, 3.63) is 65.2 Å². The molecule has 7 nitrogen and oxygen atoms in total. The first-order chi connectivity index (χ1) is 16.4. The van der Waals surface area contributed by atoms with Crippen molar-refractivity contribution in [1.29, 1.82) is 0 Å². The lowest BCUT2D eigenvalue weighted by Gasteiger charge is -2.15. The second kappa shape index (κ2) is 9.29. The number of rotatable bonds is 7. The van der Waals surface area contributed by atoms with Gasteiger partial charge in [0, 0.05) is 29.4 Å². The number of aromatic nitrogens is 2. The molecule has 2 aliphatic rings. The maximum absolute atomic E-state index is 13.6. The standard InChI is InChI=1S/C25H25ClFN5O2/c1-32(2)7-3-4-23(33)31-22-10-16-21(9-15(22)24-17-11-34-12-18(17)24)28-13-29-25(16)30-14-5-6-20(27)19(26)8-14/h3-6,8-10,13,17-18,24H,7,11-12H2,1-2H3,(H,31,33)(H,28,29,30)/b4-3+/t17-,18+,24?. The molecular weight excluding hydrogens is 457 g/mol. The highest BCUT2D eigenvalue weighted by Crippen LogP contribution is 2.59. The second-order valence-electron chi connectivity index (χ2n) is 8.98. The van der Waals surface area contributed by atoms with Gasteiger partial charge in [-0.2, -0.15) is 0 Å². The van der Waals surface area contributed by atoms with E-state index < -0.39 is 5.82 Å². The highest BCUT2D eigenvalue weighted by atomic mass is 35.5. The Morgan fingerprint density at radius 1 is 1.24 bits per heavy atom. The summed E-state index contributed by atoms with van der Waals surface area (Å²) in [5, 5.41) is 7.00. The zero-order valence-corrected chi connectivity index (χ0v) is 19.6. The van der Waals surface area contributed by atoms with E-state index in [4.69, 9.17) is 16.3 Å². The molecule has 3 atom stereocenters. The Hall–Kier alpha value is -3.07. The molecule has 0 radical (unpaired) electrons. The summed E-state index contributed by atoms with van der Waals surface area (Å²) in [5.74, 6) is 1.13. The zero-order valence-electron chi connectivity index (χ0n) is 18.9. The monoisotopic (exact) mass is 481 g/mol. The maximum Gasteiger partial charge on any atom is 0.248 e. The Labute approximate surface area is 202 Å². The SMILES string of the molecule is CN(C)C/C=C/C(=O)Nc1cc2c(Nc3ccc(F)c(Cl)c3)ncnc2cc1C1[C@H]2COC[C@@H]12. The molecule has 2 heterocycles. The summed E-state index contributed by atoms with van der Waals surface area (Å²) in [6, 6.07) is 8.33. The molecule has 0 spiro atoms. The normalized spacial score (nSPS) is 21.3. The van der Waals surface area contributed by atoms with Crippen LogP contribution in [0.3, 0.4) is 0 Å². The smallest absolute Gasteiger partial charge is 0.248 e. The number of likely N-dealkylation sites (N-methyl/N-ethyl adjacent to an activating group) is 1. The molecule has 1 amide bonds. The molecule has 2 fully saturated rings. The lowest BCUT2D eigenvalue weighted by Crippen LogP contribution is -2.14. The number of halogens is 2. The molecule has 2 aromatic carbocycles. The average Bonchev–Trinajstić information content (AvgIpc) is 3.25. The van der Waals surface area contributed by atoms with E-state index in [9.17, 15) is 9.18 Å². The van der Waals surface area contributed by atoms with Gasteiger partial charge in [-0.3, -0.25) is 4.79 Å². The molecule has 1 saturated carbocycles. The van der Waals surface area contributed by atoms with Crippen molar-refractivity contribution in [3.63, 3.8) is 0 Å². The highest BCUT2D eigenvalue weighted by Gasteiger charge is 2.55. The van der Waals surface area contributed by atoms with Gasteiger partial charge >= 0.3 is 0 Å². The van der Waals surface area contributed by atoms with Crippen LogP contribution in [-0.2, 0) is 9.53 Å². The number of fused-ring (bicyclic) bond motifs is 2. The van der Waals surface area contributed by atoms with E-state index in [-0.39, 0.29) is 10.9 Å². The molecule has 1 unspecified atom stereocenters. The van der Waals surface area contributed by atoms with E-state index in [1.54, 1.807) is 12.1 Å². The third-order valence-electron chi connectivity index (χ3n) is 6.30. The Kier molecular flexibility index (Phi) is 6.20. The first kappa shape index (κ1) is 22.7. The van der Waals surface area contributed by atoms with Crippen LogP contribution in [0.5, 0.6) is 0 Å². The highest BCUT2D eigenvalue weighted by molar-refractivity contribution is 6.31. The summed E-state index contributed by atoms with van der Waals surface area (Å²) in [6.45, 7) is 2.15. The van der Waals surface area contributed by atoms with Gasteiger partial charge < -0.3 is 20.3 Å². The van der Waals surface area contributed by atoms with Gasteiger partial charge in [0.15, 0.2) is 0 Å². The lowest BCUT2D eigenvalue weighted by atomic mass is 10.0. The van der Waals surface area contributed by atoms with E-state index in [2.05, 4.69) is 20.6 Å². The third kappa shape index (κ3) is 4.61. The number of carbonyl (C=O) groups excluding carboxylic acids is 1. The number of benzene rings is 2. The number of nitrogens with zero attached hydrogens (tertiary/aromatic N) is 3. The van der Waals surface area contributed by atoms with Crippen LogP contribution >= 0.6 is 11.6 Å². The number of carbonyl (C=O) groups is 1. The summed E-state index contributed by atoms with van der Waals surface area (Å²) >= 11 is 5.94. The van der Waals surface area contributed by atoms with E-state index in [0.717, 1.165) is 35.4 Å². The Bertz CT molecular complexity index is 1270. The van der Waals surface area contributed by atoms with Gasteiger partial charge in [0.1, 0.15) is 18.0 Å². The number of hydrogen-bond donors (Lipinski definition) is 2. The minimum Gasteiger partial charge on any atom is -0.381 e. The number of nitrogens with one attached hydrogen (secondary N) is 2. The first-order valence-corrected chi connectivity index (χ1v) is 11.5. The summed E-state index contributed by atoms with van der Waals surface area (Å²) in [7, 11) is 3.89. The largest absolute Gasteiger partial charge is 0.381 e. The van der Waals surface area contributed by atoms with Gasteiger partial charge in [0.05, 0.1) is 23.8 Å². The fraction of sp³-hybridized carbons (Fsp3) is 0.320. The van der Waals surface area contributed by atoms with Crippen molar-refractivity contribution < 1.29 is 13.9 Å². The van der Waals surface area contributed by atoms with Crippen LogP contribution in [0.4, 0.5) is 21.6 Å². The summed E-state index contributed by atoms with van der Waals surface area (Å²) in [6.07, 6.45) is 4.86. The van der Waals surface area contributed by atoms with Crippen molar-refractivity contribution in [2.45, 2.75) is 5.92 Å². The van der Waals surface area contributed by atoms with E-state index in [1.165, 1.54) is 18.5 Å². The Morgan fingerprint density at radius 3 is 2.76 bits per heavy atom. The molecular formula is C25H25ClFN5O2. The predicted octanol–water partition coefficient (Wildman–Crippen LogP) is 4.58. The van der Waals surface area contributed by atoms with Gasteiger partial charge in [-0.1, -0.05) is 17.7 Å². The van der Waals surface area contributed by atoms with Crippen molar-refractivity contribution >= 4 is 45.6 Å². The number of amides is 1. The fourth-order valence-corrected chi connectivity index (χ4v) is 4.74. The zero-order chi connectivity index (χ0) is 23.8. The van der Waals surface area contributed by atoms with Crippen LogP contribution < -0.4 is 10.6 Å². The molecule has 1 aliphatic carbocycles. The summed E-state index contributed by atoms with van der Waals surface area (Å²) in [4.78, 5) is 23.5. The van der Waals surface area contributed by atoms with Crippen molar-refractivity contribution in [2.75, 3.05) is 44.5 Å². The fourth-order valence-electron chi connectivity index (χ4n) is 4.56. The summed E-state index contributed by atoms with van der Waals surface area (Å²) < 4.78 is 19.1. The van der Waals surface area contributed by atoms with E-state index in [1.807, 2.05) is 37.2 Å². The lowest BCUT2D eigenvalue weighted by molar-refractivity contribution is -0.111. The number of hydrogen-bond acceptors (Lipinski definition) is 6. The van der Waals surface area contributed by atoms with Crippen molar-refractivity contribution in [3.8, 4) is 0 Å². The molecule has 1 aromatic heterocycles. The predicted molar refractivity (Wildman–Crippen MR) is 131 cm³/mol. The summed E-state index contributed by atoms with van der Waals surface area (Å²) in [5.41, 5.74) is 3.16. The molecule has 1 saturated heterocycles. The van der Waals surface area contributed by atoms with Crippen LogP contribution in [0, 0.1) is 17.7 Å². The van der Waals surface area contributed by atoms with Crippen molar-refractivity contribution in [2.24, 2.45) is 11.8 Å². The van der Waals surface area contributed by atoms with Gasteiger partial charge in [-0.05, 0) is 67.7 Å². The van der Waals surface area contributed by atoms with Crippen LogP contribution in [0.1, 0.15) is 11.5 Å². The van der Waals surface area contributed by atoms with E-state index >= 15 is 0 Å². The Morgan fingerprint density at radius 2 is 2.03 bits per heavy atom. The van der Waals surface area contributed by atoms with Crippen LogP contribution in [0.2, 0.25) is 5.02 Å². The number of ether oxygens (including phenoxy) is 1. The molecule has 9 heteroatoms. The van der Waals surface area contributed by atoms with Gasteiger partial charge in [0.25, 0.3) is 0 Å². The minimum atomic E-state index is -0.490. The second-order valence-corrected chi connectivity index (χ2v) is 9.38. The van der Waals surface area contributed by atoms with Crippen LogP contribution in [0.15, 0.2) is 48.8 Å². The van der Waals surface area contributed by atoms with Crippen LogP contribution in [-0.4, -0.2) is 54.6 Å². The molecule has 5 rings (SSSR count). The molecule has 1 aliphatic heterocycles. The maximum atomic E-state index is 13.6. The molecule has 176 valence electrons. The van der Waals surface area contributed by atoms with Gasteiger partial charge in [0.2, 0.25) is 5.91 Å². The van der Waals surface area contributed by atoms with Gasteiger partial charge in [-0.15, -0.1) is 0 Å².